The first-order chi connectivity index (χ1) is 7.71. The first-order valence-corrected chi connectivity index (χ1v) is 7.41. The molecule has 96 valence electrons. The smallest absolute Gasteiger partial charge is 0.0187 e. The maximum atomic E-state index is 2.35. The molecule has 0 saturated heterocycles. The van der Waals surface area contributed by atoms with Crippen LogP contribution in [0.1, 0.15) is 47.1 Å². The standard InChI is InChI=1S/C16H26S/c1-15(2,3)14(16(4,5)6)17-12-13-10-8-7-9-11-13/h7-11,14H,12H2,1-6H3. The third kappa shape index (κ3) is 4.75. The van der Waals surface area contributed by atoms with Crippen LogP contribution in [0, 0.1) is 10.8 Å². The van der Waals surface area contributed by atoms with Gasteiger partial charge in [0.2, 0.25) is 0 Å². The van der Waals surface area contributed by atoms with E-state index in [2.05, 4.69) is 83.6 Å². The SMILES string of the molecule is CC(C)(C)C(SCc1ccccc1)C(C)(C)C. The van der Waals surface area contributed by atoms with Crippen molar-refractivity contribution in [3.05, 3.63) is 35.9 Å². The lowest BCUT2D eigenvalue weighted by Crippen LogP contribution is -2.35. The fourth-order valence-corrected chi connectivity index (χ4v) is 4.10. The molecule has 1 heteroatoms. The van der Waals surface area contributed by atoms with Gasteiger partial charge in [-0.25, -0.2) is 0 Å². The fourth-order valence-electron chi connectivity index (χ4n) is 2.55. The van der Waals surface area contributed by atoms with E-state index in [0.717, 1.165) is 5.75 Å². The molecule has 0 bridgehead atoms. The Labute approximate surface area is 111 Å². The maximum Gasteiger partial charge on any atom is 0.0187 e. The summed E-state index contributed by atoms with van der Waals surface area (Å²) in [6.07, 6.45) is 0. The van der Waals surface area contributed by atoms with Crippen molar-refractivity contribution in [2.75, 3.05) is 0 Å². The summed E-state index contributed by atoms with van der Waals surface area (Å²) in [5.41, 5.74) is 2.12. The van der Waals surface area contributed by atoms with Gasteiger partial charge in [0.05, 0.1) is 0 Å². The molecule has 1 aromatic carbocycles. The van der Waals surface area contributed by atoms with Gasteiger partial charge in [-0.3, -0.25) is 0 Å². The van der Waals surface area contributed by atoms with E-state index in [1.54, 1.807) is 0 Å². The van der Waals surface area contributed by atoms with Crippen LogP contribution in [0.25, 0.3) is 0 Å². The highest BCUT2D eigenvalue weighted by Gasteiger charge is 2.34. The molecule has 0 heterocycles. The van der Waals surface area contributed by atoms with E-state index in [1.165, 1.54) is 5.56 Å². The zero-order chi connectivity index (χ0) is 13.1. The predicted molar refractivity (Wildman–Crippen MR) is 80.4 cm³/mol. The van der Waals surface area contributed by atoms with Crippen LogP contribution in [0.15, 0.2) is 30.3 Å². The van der Waals surface area contributed by atoms with Gasteiger partial charge in [0.15, 0.2) is 0 Å². The minimum atomic E-state index is 0.345. The van der Waals surface area contributed by atoms with Crippen molar-refractivity contribution in [1.82, 2.24) is 0 Å². The lowest BCUT2D eigenvalue weighted by molar-refractivity contribution is 0.249. The molecule has 0 aromatic heterocycles. The van der Waals surface area contributed by atoms with Gasteiger partial charge >= 0.3 is 0 Å². The van der Waals surface area contributed by atoms with Crippen LogP contribution in [-0.2, 0) is 5.75 Å². The molecule has 0 amide bonds. The quantitative estimate of drug-likeness (QED) is 0.694. The van der Waals surface area contributed by atoms with Crippen molar-refractivity contribution in [2.45, 2.75) is 52.5 Å². The van der Waals surface area contributed by atoms with Gasteiger partial charge in [-0.05, 0) is 16.4 Å². The van der Waals surface area contributed by atoms with E-state index >= 15 is 0 Å². The summed E-state index contributed by atoms with van der Waals surface area (Å²) in [7, 11) is 0. The lowest BCUT2D eigenvalue weighted by atomic mass is 9.77. The second kappa shape index (κ2) is 5.48. The van der Waals surface area contributed by atoms with Crippen LogP contribution in [0.2, 0.25) is 0 Å². The molecule has 0 saturated carbocycles. The van der Waals surface area contributed by atoms with Gasteiger partial charge in [0.25, 0.3) is 0 Å². The molecule has 17 heavy (non-hydrogen) atoms. The Bertz CT molecular complexity index is 313. The highest BCUT2D eigenvalue weighted by molar-refractivity contribution is 7.99. The Morgan fingerprint density at radius 3 is 1.76 bits per heavy atom. The first-order valence-electron chi connectivity index (χ1n) is 6.37. The topological polar surface area (TPSA) is 0 Å². The third-order valence-electron chi connectivity index (χ3n) is 2.83. The van der Waals surface area contributed by atoms with Gasteiger partial charge in [0, 0.05) is 11.0 Å². The summed E-state index contributed by atoms with van der Waals surface area (Å²) in [4.78, 5) is 0. The van der Waals surface area contributed by atoms with Crippen LogP contribution in [0.4, 0.5) is 0 Å². The first kappa shape index (κ1) is 14.6. The number of benzene rings is 1. The van der Waals surface area contributed by atoms with E-state index in [-0.39, 0.29) is 0 Å². The normalized spacial score (nSPS) is 13.1. The molecular formula is C16H26S. The van der Waals surface area contributed by atoms with Gasteiger partial charge in [0.1, 0.15) is 0 Å². The van der Waals surface area contributed by atoms with Crippen molar-refractivity contribution in [2.24, 2.45) is 10.8 Å². The van der Waals surface area contributed by atoms with Gasteiger partial charge in [-0.2, -0.15) is 11.8 Å². The largest absolute Gasteiger partial charge is 0.153 e. The zero-order valence-electron chi connectivity index (χ0n) is 12.1. The van der Waals surface area contributed by atoms with Gasteiger partial charge in [-0.1, -0.05) is 71.9 Å². The fraction of sp³-hybridized carbons (Fsp3) is 0.625. The highest BCUT2D eigenvalue weighted by atomic mass is 32.2. The minimum Gasteiger partial charge on any atom is -0.153 e. The Morgan fingerprint density at radius 2 is 1.35 bits per heavy atom. The number of hydrogen-bond acceptors (Lipinski definition) is 1. The second-order valence-electron chi connectivity index (χ2n) is 6.91. The molecular weight excluding hydrogens is 224 g/mol. The zero-order valence-corrected chi connectivity index (χ0v) is 12.9. The summed E-state index contributed by atoms with van der Waals surface area (Å²) < 4.78 is 0. The van der Waals surface area contributed by atoms with E-state index in [9.17, 15) is 0 Å². The van der Waals surface area contributed by atoms with Gasteiger partial charge < -0.3 is 0 Å². The van der Waals surface area contributed by atoms with E-state index in [1.807, 2.05) is 0 Å². The molecule has 0 N–H and O–H groups in total. The van der Waals surface area contributed by atoms with Gasteiger partial charge in [-0.15, -0.1) is 0 Å². The van der Waals surface area contributed by atoms with E-state index < -0.39 is 0 Å². The van der Waals surface area contributed by atoms with Crippen LogP contribution >= 0.6 is 11.8 Å². The van der Waals surface area contributed by atoms with E-state index in [4.69, 9.17) is 0 Å². The molecule has 0 aliphatic carbocycles. The summed E-state index contributed by atoms with van der Waals surface area (Å²) >= 11 is 2.09. The molecule has 0 aliphatic heterocycles. The molecule has 0 unspecified atom stereocenters. The lowest BCUT2D eigenvalue weighted by Gasteiger charge is -2.40. The summed E-state index contributed by atoms with van der Waals surface area (Å²) in [5.74, 6) is 1.11. The second-order valence-corrected chi connectivity index (χ2v) is 8.00. The molecule has 0 radical (unpaired) electrons. The number of thioether (sulfide) groups is 1. The Morgan fingerprint density at radius 1 is 0.882 bits per heavy atom. The van der Waals surface area contributed by atoms with Crippen molar-refractivity contribution in [1.29, 1.82) is 0 Å². The molecule has 0 atom stereocenters. The van der Waals surface area contributed by atoms with Crippen LogP contribution < -0.4 is 0 Å². The van der Waals surface area contributed by atoms with Crippen LogP contribution in [0.3, 0.4) is 0 Å². The molecule has 0 aliphatic rings. The molecule has 0 fully saturated rings. The van der Waals surface area contributed by atoms with Crippen molar-refractivity contribution in [3.8, 4) is 0 Å². The Balaban J connectivity index is 2.70. The van der Waals surface area contributed by atoms with E-state index in [0.29, 0.717) is 16.1 Å². The average Bonchev–Trinajstić information content (AvgIpc) is 2.15. The Kier molecular flexibility index (Phi) is 4.71. The molecule has 0 nitrogen and oxygen atoms in total. The summed E-state index contributed by atoms with van der Waals surface area (Å²) in [6.45, 7) is 14.1. The van der Waals surface area contributed by atoms with Crippen LogP contribution in [0.5, 0.6) is 0 Å². The number of rotatable bonds is 3. The molecule has 1 aromatic rings. The average molecular weight is 250 g/mol. The monoisotopic (exact) mass is 250 g/mol. The van der Waals surface area contributed by atoms with Crippen molar-refractivity contribution >= 4 is 11.8 Å². The molecule has 0 spiro atoms. The van der Waals surface area contributed by atoms with Crippen molar-refractivity contribution < 1.29 is 0 Å². The van der Waals surface area contributed by atoms with Crippen molar-refractivity contribution in [3.63, 3.8) is 0 Å². The summed E-state index contributed by atoms with van der Waals surface area (Å²) in [5, 5.41) is 0.662. The summed E-state index contributed by atoms with van der Waals surface area (Å²) in [6, 6.07) is 10.8. The maximum absolute atomic E-state index is 2.35. The third-order valence-corrected chi connectivity index (χ3v) is 5.08. The van der Waals surface area contributed by atoms with Crippen LogP contribution in [-0.4, -0.2) is 5.25 Å². The molecule has 1 rings (SSSR count). The Hall–Kier alpha value is -0.430. The predicted octanol–water partition coefficient (Wildman–Crippen LogP) is 5.38. The highest BCUT2D eigenvalue weighted by Crippen LogP contribution is 2.43. The number of hydrogen-bond donors (Lipinski definition) is 0. The minimum absolute atomic E-state index is 0.345.